The number of ether oxygens (including phenoxy) is 2. The Kier molecular flexibility index (Phi) is 7.40. The minimum Gasteiger partial charge on any atom is -0.493 e. The largest absolute Gasteiger partial charge is 0.493 e. The molecule has 1 amide bonds. The molecule has 2 unspecified atom stereocenters. The van der Waals surface area contributed by atoms with Crippen LogP contribution in [0.3, 0.4) is 0 Å². The summed E-state index contributed by atoms with van der Waals surface area (Å²) in [5, 5.41) is 3.01. The number of nitrogens with one attached hydrogen (secondary N) is 1. The molecule has 0 heterocycles. The summed E-state index contributed by atoms with van der Waals surface area (Å²) in [6, 6.07) is 9.98. The van der Waals surface area contributed by atoms with E-state index in [1.165, 1.54) is 6.07 Å². The van der Waals surface area contributed by atoms with Crippen LogP contribution in [0.4, 0.5) is 4.39 Å². The molecule has 1 N–H and O–H groups in total. The third kappa shape index (κ3) is 5.01. The minimum atomic E-state index is -0.267. The summed E-state index contributed by atoms with van der Waals surface area (Å²) in [4.78, 5) is 14.4. The zero-order chi connectivity index (χ0) is 20.8. The van der Waals surface area contributed by atoms with Gasteiger partial charge < -0.3 is 14.8 Å². The van der Waals surface area contributed by atoms with Gasteiger partial charge in [0.2, 0.25) is 5.91 Å². The fourth-order valence-corrected chi connectivity index (χ4v) is 3.24. The molecule has 0 aliphatic rings. The molecular formula is C22H29FN2O3. The molecule has 152 valence electrons. The molecule has 0 bridgehead atoms. The maximum absolute atomic E-state index is 14.0. The van der Waals surface area contributed by atoms with Gasteiger partial charge in [0.05, 0.1) is 26.8 Å². The van der Waals surface area contributed by atoms with Gasteiger partial charge in [0, 0.05) is 11.6 Å². The summed E-state index contributed by atoms with van der Waals surface area (Å²) in [5.74, 6) is 0.874. The second-order valence-electron chi connectivity index (χ2n) is 6.97. The molecule has 6 heteroatoms. The van der Waals surface area contributed by atoms with Gasteiger partial charge in [0.25, 0.3) is 0 Å². The third-order valence-electron chi connectivity index (χ3n) is 5.03. The topological polar surface area (TPSA) is 50.8 Å². The molecule has 0 aliphatic heterocycles. The Morgan fingerprint density at radius 1 is 1.11 bits per heavy atom. The van der Waals surface area contributed by atoms with Crippen LogP contribution in [0.2, 0.25) is 0 Å². The Morgan fingerprint density at radius 2 is 1.71 bits per heavy atom. The lowest BCUT2D eigenvalue weighted by molar-refractivity contribution is -0.123. The molecule has 0 fully saturated rings. The summed E-state index contributed by atoms with van der Waals surface area (Å²) in [6.45, 7) is 5.93. The smallest absolute Gasteiger partial charge is 0.234 e. The van der Waals surface area contributed by atoms with Gasteiger partial charge in [0.15, 0.2) is 11.5 Å². The molecule has 2 aromatic rings. The lowest BCUT2D eigenvalue weighted by Gasteiger charge is -2.26. The number of aryl methyl sites for hydroxylation is 1. The Morgan fingerprint density at radius 3 is 2.32 bits per heavy atom. The number of hydrogen-bond acceptors (Lipinski definition) is 4. The Hall–Kier alpha value is -2.60. The number of hydrogen-bond donors (Lipinski definition) is 1. The maximum atomic E-state index is 14.0. The fourth-order valence-electron chi connectivity index (χ4n) is 3.24. The Balaban J connectivity index is 2.05. The van der Waals surface area contributed by atoms with Crippen molar-refractivity contribution in [1.29, 1.82) is 0 Å². The Labute approximate surface area is 166 Å². The number of benzene rings is 2. The zero-order valence-electron chi connectivity index (χ0n) is 17.4. The number of rotatable bonds is 8. The molecule has 0 saturated carbocycles. The zero-order valence-corrected chi connectivity index (χ0v) is 17.4. The molecule has 28 heavy (non-hydrogen) atoms. The van der Waals surface area contributed by atoms with Gasteiger partial charge in [-0.2, -0.15) is 0 Å². The molecule has 0 saturated heterocycles. The van der Waals surface area contributed by atoms with Crippen molar-refractivity contribution in [2.75, 3.05) is 27.8 Å². The van der Waals surface area contributed by atoms with Crippen LogP contribution in [-0.2, 0) is 4.79 Å². The van der Waals surface area contributed by atoms with Gasteiger partial charge in [-0.1, -0.05) is 18.2 Å². The van der Waals surface area contributed by atoms with Crippen LogP contribution >= 0.6 is 0 Å². The van der Waals surface area contributed by atoms with E-state index in [1.807, 2.05) is 44.9 Å². The van der Waals surface area contributed by atoms with Gasteiger partial charge in [0.1, 0.15) is 5.82 Å². The van der Waals surface area contributed by atoms with E-state index >= 15 is 0 Å². The minimum absolute atomic E-state index is 0.132. The number of amides is 1. The van der Waals surface area contributed by atoms with Crippen LogP contribution in [0.25, 0.3) is 0 Å². The first kappa shape index (κ1) is 21.7. The van der Waals surface area contributed by atoms with Crippen molar-refractivity contribution in [2.45, 2.75) is 32.9 Å². The van der Waals surface area contributed by atoms with Gasteiger partial charge >= 0.3 is 0 Å². The highest BCUT2D eigenvalue weighted by molar-refractivity contribution is 5.78. The summed E-state index contributed by atoms with van der Waals surface area (Å²) in [6.07, 6.45) is 0. The first-order valence-corrected chi connectivity index (χ1v) is 9.25. The summed E-state index contributed by atoms with van der Waals surface area (Å²) in [7, 11) is 4.98. The molecule has 0 radical (unpaired) electrons. The van der Waals surface area contributed by atoms with Crippen molar-refractivity contribution in [3.8, 4) is 11.5 Å². The fraction of sp³-hybridized carbons (Fsp3) is 0.409. The van der Waals surface area contributed by atoms with Gasteiger partial charge in [-0.15, -0.1) is 0 Å². The van der Waals surface area contributed by atoms with Gasteiger partial charge in [-0.3, -0.25) is 9.69 Å². The normalized spacial score (nSPS) is 13.1. The highest BCUT2D eigenvalue weighted by atomic mass is 19.1. The molecule has 0 aromatic heterocycles. The molecule has 0 aliphatic carbocycles. The lowest BCUT2D eigenvalue weighted by atomic mass is 10.0. The van der Waals surface area contributed by atoms with E-state index in [2.05, 4.69) is 5.32 Å². The number of methoxy groups -OCH3 is 2. The number of carbonyl (C=O) groups is 1. The van der Waals surface area contributed by atoms with Crippen LogP contribution in [0.15, 0.2) is 36.4 Å². The first-order chi connectivity index (χ1) is 13.3. The number of carbonyl (C=O) groups excluding carboxylic acids is 1. The van der Waals surface area contributed by atoms with Crippen molar-refractivity contribution >= 4 is 5.91 Å². The first-order valence-electron chi connectivity index (χ1n) is 9.25. The molecular weight excluding hydrogens is 359 g/mol. The van der Waals surface area contributed by atoms with Crippen molar-refractivity contribution < 1.29 is 18.7 Å². The predicted molar refractivity (Wildman–Crippen MR) is 108 cm³/mol. The van der Waals surface area contributed by atoms with Crippen molar-refractivity contribution in [3.05, 3.63) is 58.9 Å². The van der Waals surface area contributed by atoms with Crippen LogP contribution in [0, 0.1) is 12.7 Å². The number of halogens is 1. The molecule has 5 nitrogen and oxygen atoms in total. The Bertz CT molecular complexity index is 825. The molecule has 0 spiro atoms. The average molecular weight is 388 g/mol. The van der Waals surface area contributed by atoms with E-state index in [4.69, 9.17) is 9.47 Å². The summed E-state index contributed by atoms with van der Waals surface area (Å²) >= 11 is 0. The van der Waals surface area contributed by atoms with E-state index in [0.717, 1.165) is 11.1 Å². The van der Waals surface area contributed by atoms with Crippen molar-refractivity contribution in [1.82, 2.24) is 10.2 Å². The van der Waals surface area contributed by atoms with E-state index in [1.54, 1.807) is 32.4 Å². The van der Waals surface area contributed by atoms with Crippen molar-refractivity contribution in [3.63, 3.8) is 0 Å². The van der Waals surface area contributed by atoms with Crippen molar-refractivity contribution in [2.24, 2.45) is 0 Å². The monoisotopic (exact) mass is 388 g/mol. The lowest BCUT2D eigenvalue weighted by Crippen LogP contribution is -2.37. The SMILES string of the molecule is COc1cc(C)c(C(C)NC(=O)CN(C)C(C)c2ccccc2F)cc1OC. The predicted octanol–water partition coefficient (Wildman–Crippen LogP) is 4.02. The van der Waals surface area contributed by atoms with E-state index < -0.39 is 0 Å². The highest BCUT2D eigenvalue weighted by Crippen LogP contribution is 2.32. The summed E-state index contributed by atoms with van der Waals surface area (Å²) < 4.78 is 24.7. The van der Waals surface area contributed by atoms with E-state index in [9.17, 15) is 9.18 Å². The second-order valence-corrected chi connectivity index (χ2v) is 6.97. The molecule has 2 aromatic carbocycles. The van der Waals surface area contributed by atoms with Crippen LogP contribution in [0.5, 0.6) is 11.5 Å². The third-order valence-corrected chi connectivity index (χ3v) is 5.03. The van der Waals surface area contributed by atoms with Gasteiger partial charge in [-0.05, 0) is 57.1 Å². The standard InChI is InChI=1S/C22H29FN2O3/c1-14-11-20(27-5)21(28-6)12-18(14)15(2)24-22(26)13-25(4)16(3)17-9-7-8-10-19(17)23/h7-12,15-16H,13H2,1-6H3,(H,24,26). The number of likely N-dealkylation sites (N-methyl/N-ethyl adjacent to an activating group) is 1. The molecule has 2 atom stereocenters. The van der Waals surface area contributed by atoms with Crippen LogP contribution in [-0.4, -0.2) is 38.6 Å². The molecule has 2 rings (SSSR count). The summed E-state index contributed by atoms with van der Waals surface area (Å²) in [5.41, 5.74) is 2.52. The van der Waals surface area contributed by atoms with E-state index in [-0.39, 0.29) is 30.4 Å². The maximum Gasteiger partial charge on any atom is 0.234 e. The quantitative estimate of drug-likeness (QED) is 0.742. The van der Waals surface area contributed by atoms with Gasteiger partial charge in [-0.25, -0.2) is 4.39 Å². The average Bonchev–Trinajstić information content (AvgIpc) is 2.67. The van der Waals surface area contributed by atoms with Crippen LogP contribution < -0.4 is 14.8 Å². The number of nitrogens with zero attached hydrogens (tertiary/aromatic N) is 1. The van der Waals surface area contributed by atoms with E-state index in [0.29, 0.717) is 17.1 Å². The second kappa shape index (κ2) is 9.55. The van der Waals surface area contributed by atoms with Crippen LogP contribution in [0.1, 0.15) is 42.6 Å². The highest BCUT2D eigenvalue weighted by Gasteiger charge is 2.20.